The maximum atomic E-state index is 12.8. The molecule has 0 aliphatic rings. The normalized spacial score (nSPS) is 13.4. The van der Waals surface area contributed by atoms with Crippen molar-refractivity contribution in [1.29, 1.82) is 0 Å². The van der Waals surface area contributed by atoms with Gasteiger partial charge in [-0.05, 0) is 57.2 Å². The van der Waals surface area contributed by atoms with Crippen LogP contribution in [0.15, 0.2) is 29.3 Å². The second-order valence-corrected chi connectivity index (χ2v) is 10.3. The van der Waals surface area contributed by atoms with Crippen molar-refractivity contribution in [3.05, 3.63) is 40.4 Å². The molecule has 0 spiro atoms. The van der Waals surface area contributed by atoms with Crippen molar-refractivity contribution in [1.82, 2.24) is 15.0 Å². The van der Waals surface area contributed by atoms with Gasteiger partial charge in [0.05, 0.1) is 22.8 Å². The smallest absolute Gasteiger partial charge is 0.264 e. The van der Waals surface area contributed by atoms with Crippen molar-refractivity contribution >= 4 is 26.6 Å². The van der Waals surface area contributed by atoms with E-state index in [1.807, 2.05) is 0 Å². The van der Waals surface area contributed by atoms with Gasteiger partial charge in [0.25, 0.3) is 11.5 Å². The molecule has 31 heavy (non-hydrogen) atoms. The Morgan fingerprint density at radius 1 is 1.29 bits per heavy atom. The number of hydrogen-bond acceptors (Lipinski definition) is 7. The number of rotatable bonds is 5. The summed E-state index contributed by atoms with van der Waals surface area (Å²) in [6, 6.07) is 4.86. The second-order valence-electron chi connectivity index (χ2n) is 7.89. The number of nitrogens with one attached hydrogen (secondary N) is 1. The molecular formula is C21H24N4O5S. The predicted octanol–water partition coefficient (Wildman–Crippen LogP) is 0.188. The Hall–Kier alpha value is -3.18. The molecule has 10 heteroatoms. The quantitative estimate of drug-likeness (QED) is 0.339. The number of hydroxylamine groups is 1. The van der Waals surface area contributed by atoms with Gasteiger partial charge in [0.15, 0.2) is 14.6 Å². The van der Waals surface area contributed by atoms with E-state index in [9.17, 15) is 18.0 Å². The van der Waals surface area contributed by atoms with Crippen LogP contribution in [0.5, 0.6) is 0 Å². The standard InChI is InChI=1S/C21H24N4O5S/c1-20(2,22)10-6-5-7-15-8-9-16-17(13-15)23-14-25(18(16)26)12-11-21(3,19(27)24-28)31(4,29)30/h8-9,13-14,28H,11-12,22H2,1-4H3,(H,24,27)/t21-/m1/s1. The zero-order chi connectivity index (χ0) is 23.4. The second kappa shape index (κ2) is 8.90. The summed E-state index contributed by atoms with van der Waals surface area (Å²) in [5, 5.41) is 9.21. The minimum Gasteiger partial charge on any atom is -0.316 e. The highest BCUT2D eigenvalue weighted by molar-refractivity contribution is 7.92. The molecule has 0 aliphatic carbocycles. The van der Waals surface area contributed by atoms with Gasteiger partial charge < -0.3 is 5.73 Å². The third kappa shape index (κ3) is 5.70. The van der Waals surface area contributed by atoms with Crippen LogP contribution in [0.3, 0.4) is 0 Å². The largest absolute Gasteiger partial charge is 0.316 e. The molecule has 164 valence electrons. The molecule has 0 saturated heterocycles. The van der Waals surface area contributed by atoms with E-state index in [1.165, 1.54) is 23.3 Å². The Bertz CT molecular complexity index is 1300. The molecule has 2 aromatic rings. The highest BCUT2D eigenvalue weighted by Crippen LogP contribution is 2.22. The molecule has 0 radical (unpaired) electrons. The molecule has 1 amide bonds. The van der Waals surface area contributed by atoms with Gasteiger partial charge in [0.2, 0.25) is 0 Å². The fourth-order valence-electron chi connectivity index (χ4n) is 2.61. The maximum absolute atomic E-state index is 12.8. The summed E-state index contributed by atoms with van der Waals surface area (Å²) in [5.74, 6) is 9.96. The summed E-state index contributed by atoms with van der Waals surface area (Å²) >= 11 is 0. The predicted molar refractivity (Wildman–Crippen MR) is 117 cm³/mol. The van der Waals surface area contributed by atoms with Crippen molar-refractivity contribution in [2.45, 2.75) is 44.0 Å². The first-order chi connectivity index (χ1) is 14.3. The maximum Gasteiger partial charge on any atom is 0.264 e. The molecule has 1 atom stereocenters. The molecular weight excluding hydrogens is 420 g/mol. The first kappa shape index (κ1) is 24.1. The van der Waals surface area contributed by atoms with Crippen molar-refractivity contribution in [3.8, 4) is 23.7 Å². The van der Waals surface area contributed by atoms with E-state index in [-0.39, 0.29) is 13.0 Å². The average Bonchev–Trinajstić information content (AvgIpc) is 2.68. The Morgan fingerprint density at radius 3 is 2.55 bits per heavy atom. The number of sulfone groups is 1. The number of nitrogens with zero attached hydrogens (tertiary/aromatic N) is 2. The lowest BCUT2D eigenvalue weighted by molar-refractivity contribution is -0.131. The van der Waals surface area contributed by atoms with Crippen LogP contribution in [-0.2, 0) is 21.2 Å². The fourth-order valence-corrected chi connectivity index (χ4v) is 3.45. The third-order valence-corrected chi connectivity index (χ3v) is 6.74. The van der Waals surface area contributed by atoms with Crippen molar-refractivity contribution in [2.75, 3.05) is 6.26 Å². The lowest BCUT2D eigenvalue weighted by Gasteiger charge is -2.25. The Labute approximate surface area is 180 Å². The Balaban J connectivity index is 2.34. The third-order valence-electron chi connectivity index (χ3n) is 4.71. The summed E-state index contributed by atoms with van der Waals surface area (Å²) in [4.78, 5) is 28.9. The van der Waals surface area contributed by atoms with Gasteiger partial charge in [-0.15, -0.1) is 0 Å². The van der Waals surface area contributed by atoms with Crippen LogP contribution in [0.25, 0.3) is 10.9 Å². The molecule has 0 unspecified atom stereocenters. The molecule has 0 saturated carbocycles. The minimum atomic E-state index is -3.87. The topological polar surface area (TPSA) is 144 Å². The van der Waals surface area contributed by atoms with Gasteiger partial charge in [0, 0.05) is 18.4 Å². The van der Waals surface area contributed by atoms with Crippen LogP contribution in [0, 0.1) is 23.7 Å². The number of carbonyl (C=O) groups is 1. The molecule has 1 aromatic heterocycles. The van der Waals surface area contributed by atoms with Gasteiger partial charge in [-0.2, -0.15) is 0 Å². The molecule has 2 rings (SSSR count). The van der Waals surface area contributed by atoms with Gasteiger partial charge in [0.1, 0.15) is 0 Å². The van der Waals surface area contributed by atoms with E-state index in [2.05, 4.69) is 28.7 Å². The molecule has 0 fully saturated rings. The minimum absolute atomic E-state index is 0.0925. The number of fused-ring (bicyclic) bond motifs is 1. The van der Waals surface area contributed by atoms with Crippen LogP contribution in [0.4, 0.5) is 0 Å². The lowest BCUT2D eigenvalue weighted by Crippen LogP contribution is -2.50. The lowest BCUT2D eigenvalue weighted by atomic mass is 10.1. The fraction of sp³-hybridized carbons (Fsp3) is 0.381. The SMILES string of the molecule is CC(C)(N)C#CC#Cc1ccc2c(=O)n(CC[C@](C)(C(=O)NO)S(C)(=O)=O)cnc2c1. The monoisotopic (exact) mass is 444 g/mol. The van der Waals surface area contributed by atoms with Crippen molar-refractivity contribution < 1.29 is 18.4 Å². The van der Waals surface area contributed by atoms with Gasteiger partial charge in [-0.1, -0.05) is 11.8 Å². The van der Waals surface area contributed by atoms with E-state index in [0.717, 1.165) is 6.26 Å². The molecule has 9 nitrogen and oxygen atoms in total. The van der Waals surface area contributed by atoms with Crippen LogP contribution >= 0.6 is 0 Å². The molecule has 0 aliphatic heterocycles. The summed E-state index contributed by atoms with van der Waals surface area (Å²) < 4.78 is 23.4. The zero-order valence-corrected chi connectivity index (χ0v) is 18.5. The number of benzene rings is 1. The van der Waals surface area contributed by atoms with E-state index >= 15 is 0 Å². The zero-order valence-electron chi connectivity index (χ0n) is 17.7. The van der Waals surface area contributed by atoms with Gasteiger partial charge >= 0.3 is 0 Å². The van der Waals surface area contributed by atoms with Crippen LogP contribution in [0.1, 0.15) is 32.8 Å². The van der Waals surface area contributed by atoms with Gasteiger partial charge in [-0.25, -0.2) is 18.9 Å². The molecule has 1 aromatic carbocycles. The van der Waals surface area contributed by atoms with Crippen LogP contribution < -0.4 is 16.8 Å². The van der Waals surface area contributed by atoms with Crippen molar-refractivity contribution in [2.24, 2.45) is 5.73 Å². The molecule has 1 heterocycles. The molecule has 4 N–H and O–H groups in total. The van der Waals surface area contributed by atoms with Gasteiger partial charge in [-0.3, -0.25) is 19.4 Å². The number of carbonyl (C=O) groups excluding carboxylic acids is 1. The Kier molecular flexibility index (Phi) is 6.92. The number of nitrogens with two attached hydrogens (primary N) is 1. The first-order valence-electron chi connectivity index (χ1n) is 9.24. The van der Waals surface area contributed by atoms with Crippen LogP contribution in [0.2, 0.25) is 0 Å². The first-order valence-corrected chi connectivity index (χ1v) is 11.1. The summed E-state index contributed by atoms with van der Waals surface area (Å²) in [6.07, 6.45) is 1.94. The van der Waals surface area contributed by atoms with Crippen molar-refractivity contribution in [3.63, 3.8) is 0 Å². The van der Waals surface area contributed by atoms with E-state index in [0.29, 0.717) is 16.5 Å². The van der Waals surface area contributed by atoms with Crippen LogP contribution in [-0.4, -0.2) is 45.6 Å². The number of hydrogen-bond donors (Lipinski definition) is 3. The van der Waals surface area contributed by atoms with E-state index in [4.69, 9.17) is 10.9 Å². The Morgan fingerprint density at radius 2 is 1.97 bits per heavy atom. The number of aromatic nitrogens is 2. The number of amides is 1. The average molecular weight is 445 g/mol. The number of aryl methyl sites for hydroxylation is 1. The highest BCUT2D eigenvalue weighted by atomic mass is 32.2. The highest BCUT2D eigenvalue weighted by Gasteiger charge is 2.43. The van der Waals surface area contributed by atoms with E-state index in [1.54, 1.807) is 32.0 Å². The molecule has 0 bridgehead atoms. The summed E-state index contributed by atoms with van der Waals surface area (Å²) in [5.41, 5.74) is 7.14. The summed E-state index contributed by atoms with van der Waals surface area (Å²) in [7, 11) is -3.87. The summed E-state index contributed by atoms with van der Waals surface area (Å²) in [6.45, 7) is 4.63. The van der Waals surface area contributed by atoms with E-state index < -0.39 is 31.6 Å².